The van der Waals surface area contributed by atoms with Crippen molar-refractivity contribution in [2.24, 2.45) is 0 Å². The molecule has 2 amide bonds. The van der Waals surface area contributed by atoms with E-state index >= 15 is 0 Å². The Hall–Kier alpha value is -2.47. The van der Waals surface area contributed by atoms with Gasteiger partial charge in [-0.15, -0.1) is 11.8 Å². The van der Waals surface area contributed by atoms with Crippen LogP contribution in [0.5, 0.6) is 5.75 Å². The van der Waals surface area contributed by atoms with Crippen LogP contribution in [0.25, 0.3) is 0 Å². The third-order valence-corrected chi connectivity index (χ3v) is 7.23. The van der Waals surface area contributed by atoms with Crippen LogP contribution in [0.2, 0.25) is 0 Å². The van der Waals surface area contributed by atoms with E-state index in [0.717, 1.165) is 41.9 Å². The van der Waals surface area contributed by atoms with Crippen molar-refractivity contribution in [2.45, 2.75) is 75.9 Å². The van der Waals surface area contributed by atoms with Gasteiger partial charge >= 0.3 is 0 Å². The Kier molecular flexibility index (Phi) is 9.67. The van der Waals surface area contributed by atoms with Gasteiger partial charge in [0.1, 0.15) is 11.8 Å². The van der Waals surface area contributed by atoms with E-state index in [1.807, 2.05) is 31.2 Å². The summed E-state index contributed by atoms with van der Waals surface area (Å²) in [7, 11) is 1.63. The third kappa shape index (κ3) is 7.81. The highest BCUT2D eigenvalue weighted by Gasteiger charge is 2.28. The van der Waals surface area contributed by atoms with Gasteiger partial charge in [-0.2, -0.15) is 0 Å². The minimum absolute atomic E-state index is 0.0104. The molecule has 1 saturated carbocycles. The molecule has 2 aromatic rings. The molecule has 178 valence electrons. The van der Waals surface area contributed by atoms with E-state index in [-0.39, 0.29) is 17.9 Å². The SMILES string of the molecule is COc1cccc(CN(C(=O)CCSc2ccc(C)cc2)C(C)C(=O)NC2CCCCC2)c1. The number of ether oxygens (including phenoxy) is 1. The Morgan fingerprint density at radius 1 is 1.12 bits per heavy atom. The maximum absolute atomic E-state index is 13.3. The van der Waals surface area contributed by atoms with Crippen LogP contribution in [0.1, 0.15) is 56.6 Å². The zero-order valence-electron chi connectivity index (χ0n) is 20.0. The number of thioether (sulfide) groups is 1. The lowest BCUT2D eigenvalue weighted by atomic mass is 9.95. The van der Waals surface area contributed by atoms with Crippen LogP contribution in [-0.4, -0.2) is 41.7 Å². The van der Waals surface area contributed by atoms with Gasteiger partial charge in [-0.05, 0) is 56.5 Å². The van der Waals surface area contributed by atoms with Crippen LogP contribution in [0, 0.1) is 6.92 Å². The van der Waals surface area contributed by atoms with E-state index in [4.69, 9.17) is 4.74 Å². The van der Waals surface area contributed by atoms with Gasteiger partial charge in [-0.3, -0.25) is 9.59 Å². The second-order valence-electron chi connectivity index (χ2n) is 8.80. The Bertz CT molecular complexity index is 910. The minimum Gasteiger partial charge on any atom is -0.497 e. The summed E-state index contributed by atoms with van der Waals surface area (Å²) in [6.07, 6.45) is 5.97. The third-order valence-electron chi connectivity index (χ3n) is 6.21. The van der Waals surface area contributed by atoms with Gasteiger partial charge in [0.2, 0.25) is 11.8 Å². The van der Waals surface area contributed by atoms with Gasteiger partial charge in [0, 0.05) is 29.7 Å². The first-order valence-electron chi connectivity index (χ1n) is 11.9. The highest BCUT2D eigenvalue weighted by atomic mass is 32.2. The number of nitrogens with one attached hydrogen (secondary N) is 1. The summed E-state index contributed by atoms with van der Waals surface area (Å²) in [5.74, 6) is 1.34. The summed E-state index contributed by atoms with van der Waals surface area (Å²) in [4.78, 5) is 29.2. The molecule has 1 unspecified atom stereocenters. The molecule has 1 fully saturated rings. The molecule has 0 heterocycles. The molecule has 3 rings (SSSR count). The topological polar surface area (TPSA) is 58.6 Å². The highest BCUT2D eigenvalue weighted by Crippen LogP contribution is 2.22. The van der Waals surface area contributed by atoms with Crippen molar-refractivity contribution in [1.82, 2.24) is 10.2 Å². The maximum Gasteiger partial charge on any atom is 0.242 e. The fourth-order valence-corrected chi connectivity index (χ4v) is 4.99. The van der Waals surface area contributed by atoms with E-state index in [2.05, 4.69) is 36.5 Å². The van der Waals surface area contributed by atoms with E-state index in [9.17, 15) is 9.59 Å². The summed E-state index contributed by atoms with van der Waals surface area (Å²) in [6.45, 7) is 4.28. The van der Waals surface area contributed by atoms with E-state index in [1.54, 1.807) is 23.8 Å². The van der Waals surface area contributed by atoms with Crippen molar-refractivity contribution in [2.75, 3.05) is 12.9 Å². The fraction of sp³-hybridized carbons (Fsp3) is 0.481. The Balaban J connectivity index is 1.66. The summed E-state index contributed by atoms with van der Waals surface area (Å²) in [5, 5.41) is 3.19. The summed E-state index contributed by atoms with van der Waals surface area (Å²) in [6, 6.07) is 15.7. The predicted molar refractivity (Wildman–Crippen MR) is 135 cm³/mol. The number of aryl methyl sites for hydroxylation is 1. The molecule has 0 aromatic heterocycles. The number of nitrogens with zero attached hydrogens (tertiary/aromatic N) is 1. The molecule has 0 bridgehead atoms. The molecule has 0 spiro atoms. The number of carbonyl (C=O) groups is 2. The van der Waals surface area contributed by atoms with Gasteiger partial charge in [-0.1, -0.05) is 49.1 Å². The highest BCUT2D eigenvalue weighted by molar-refractivity contribution is 7.99. The zero-order valence-corrected chi connectivity index (χ0v) is 20.8. The monoisotopic (exact) mass is 468 g/mol. The van der Waals surface area contributed by atoms with Crippen molar-refractivity contribution in [3.8, 4) is 5.75 Å². The van der Waals surface area contributed by atoms with Crippen molar-refractivity contribution < 1.29 is 14.3 Å². The number of carbonyl (C=O) groups excluding carboxylic acids is 2. The van der Waals surface area contributed by atoms with Gasteiger partial charge in [-0.25, -0.2) is 0 Å². The van der Waals surface area contributed by atoms with E-state index < -0.39 is 6.04 Å². The number of hydrogen-bond donors (Lipinski definition) is 1. The van der Waals surface area contributed by atoms with Crippen molar-refractivity contribution in [3.05, 3.63) is 59.7 Å². The number of benzene rings is 2. The Labute approximate surface area is 202 Å². The van der Waals surface area contributed by atoms with Gasteiger partial charge in [0.25, 0.3) is 0 Å². The lowest BCUT2D eigenvalue weighted by molar-refractivity contribution is -0.140. The van der Waals surface area contributed by atoms with E-state index in [0.29, 0.717) is 18.7 Å². The fourth-order valence-electron chi connectivity index (χ4n) is 4.15. The molecule has 0 radical (unpaired) electrons. The molecule has 33 heavy (non-hydrogen) atoms. The van der Waals surface area contributed by atoms with Gasteiger partial charge in [0.15, 0.2) is 0 Å². The average Bonchev–Trinajstić information content (AvgIpc) is 2.84. The Morgan fingerprint density at radius 2 is 1.85 bits per heavy atom. The summed E-state index contributed by atoms with van der Waals surface area (Å²) < 4.78 is 5.34. The van der Waals surface area contributed by atoms with Crippen LogP contribution < -0.4 is 10.1 Å². The first-order valence-corrected chi connectivity index (χ1v) is 12.9. The number of hydrogen-bond acceptors (Lipinski definition) is 4. The first-order chi connectivity index (χ1) is 16.0. The van der Waals surface area contributed by atoms with Crippen LogP contribution in [0.15, 0.2) is 53.4 Å². The van der Waals surface area contributed by atoms with Crippen LogP contribution in [0.3, 0.4) is 0 Å². The second kappa shape index (κ2) is 12.7. The minimum atomic E-state index is -0.532. The Morgan fingerprint density at radius 3 is 2.55 bits per heavy atom. The summed E-state index contributed by atoms with van der Waals surface area (Å²) >= 11 is 1.67. The quantitative estimate of drug-likeness (QED) is 0.478. The molecule has 0 aliphatic heterocycles. The van der Waals surface area contributed by atoms with Crippen molar-refractivity contribution in [1.29, 1.82) is 0 Å². The standard InChI is InChI=1S/C27H36N2O3S/c1-20-12-14-25(15-13-20)33-17-16-26(30)29(19-22-8-7-11-24(18-22)32-3)21(2)27(31)28-23-9-5-4-6-10-23/h7-8,11-15,18,21,23H,4-6,9-10,16-17,19H2,1-3H3,(H,28,31). The summed E-state index contributed by atoms with van der Waals surface area (Å²) in [5.41, 5.74) is 2.17. The largest absolute Gasteiger partial charge is 0.497 e. The molecule has 6 heteroatoms. The first kappa shape index (κ1) is 25.2. The predicted octanol–water partition coefficient (Wildman–Crippen LogP) is 5.35. The molecular formula is C27H36N2O3S. The number of rotatable bonds is 10. The maximum atomic E-state index is 13.3. The van der Waals surface area contributed by atoms with Gasteiger partial charge in [0.05, 0.1) is 7.11 Å². The molecule has 1 atom stereocenters. The van der Waals surface area contributed by atoms with Crippen LogP contribution >= 0.6 is 11.8 Å². The number of methoxy groups -OCH3 is 1. The number of amides is 2. The van der Waals surface area contributed by atoms with Crippen molar-refractivity contribution >= 4 is 23.6 Å². The van der Waals surface area contributed by atoms with Crippen LogP contribution in [-0.2, 0) is 16.1 Å². The normalized spacial score (nSPS) is 15.0. The average molecular weight is 469 g/mol. The van der Waals surface area contributed by atoms with E-state index in [1.165, 1.54) is 12.0 Å². The lowest BCUT2D eigenvalue weighted by Crippen LogP contribution is -2.50. The molecule has 1 aliphatic carbocycles. The van der Waals surface area contributed by atoms with Crippen LogP contribution in [0.4, 0.5) is 0 Å². The second-order valence-corrected chi connectivity index (χ2v) is 9.97. The molecule has 0 saturated heterocycles. The lowest BCUT2D eigenvalue weighted by Gasteiger charge is -2.31. The molecule has 1 aliphatic rings. The zero-order chi connectivity index (χ0) is 23.6. The van der Waals surface area contributed by atoms with Gasteiger partial charge < -0.3 is 15.0 Å². The molecule has 2 aromatic carbocycles. The molecule has 1 N–H and O–H groups in total. The molecular weight excluding hydrogens is 432 g/mol. The smallest absolute Gasteiger partial charge is 0.242 e. The molecule has 5 nitrogen and oxygen atoms in total. The van der Waals surface area contributed by atoms with Crippen molar-refractivity contribution in [3.63, 3.8) is 0 Å².